The molecule has 0 aliphatic carbocycles. The van der Waals surface area contributed by atoms with Gasteiger partial charge in [0.15, 0.2) is 5.69 Å². The second-order valence-electron chi connectivity index (χ2n) is 9.09. The summed E-state index contributed by atoms with van der Waals surface area (Å²) in [6, 6.07) is 12.1. The van der Waals surface area contributed by atoms with Crippen molar-refractivity contribution in [1.29, 1.82) is 0 Å². The summed E-state index contributed by atoms with van der Waals surface area (Å²) < 4.78 is 36.4. The van der Waals surface area contributed by atoms with E-state index in [4.69, 9.17) is 4.74 Å². The standard InChI is InChI=1S/C27H26F2N6O3/c1-17-7-8-18(13-22(17)29)27(37)33-11-9-20(10-12-33)34-16-19(15-30-34)31-26(36)23-14-25(38-2)35(32-23)24-6-4-3-5-21(24)28/h3-8,13-16,20H,9-12H2,1-2H3,(H,31,36). The smallest absolute Gasteiger partial charge is 0.276 e. The number of halogens is 2. The highest BCUT2D eigenvalue weighted by molar-refractivity contribution is 6.03. The van der Waals surface area contributed by atoms with Crippen molar-refractivity contribution in [2.24, 2.45) is 0 Å². The first-order valence-corrected chi connectivity index (χ1v) is 12.1. The molecule has 196 valence electrons. The summed E-state index contributed by atoms with van der Waals surface area (Å²) in [5.41, 5.74) is 1.53. The number of carbonyl (C=O) groups excluding carboxylic acids is 2. The van der Waals surface area contributed by atoms with Gasteiger partial charge in [0.1, 0.15) is 17.3 Å². The van der Waals surface area contributed by atoms with Crippen LogP contribution >= 0.6 is 0 Å². The lowest BCUT2D eigenvalue weighted by Crippen LogP contribution is -2.39. The zero-order chi connectivity index (χ0) is 26.8. The van der Waals surface area contributed by atoms with Gasteiger partial charge in [-0.25, -0.2) is 8.78 Å². The molecule has 1 N–H and O–H groups in total. The van der Waals surface area contributed by atoms with Crippen LogP contribution in [0.4, 0.5) is 14.5 Å². The average molecular weight is 521 g/mol. The van der Waals surface area contributed by atoms with Crippen LogP contribution in [0.3, 0.4) is 0 Å². The molecule has 5 rings (SSSR count). The van der Waals surface area contributed by atoms with Gasteiger partial charge in [0, 0.05) is 30.9 Å². The fraction of sp³-hybridized carbons (Fsp3) is 0.259. The highest BCUT2D eigenvalue weighted by Crippen LogP contribution is 2.26. The van der Waals surface area contributed by atoms with E-state index in [-0.39, 0.29) is 29.2 Å². The number of carbonyl (C=O) groups is 2. The van der Waals surface area contributed by atoms with E-state index in [1.807, 2.05) is 0 Å². The monoisotopic (exact) mass is 520 g/mol. The maximum Gasteiger partial charge on any atom is 0.276 e. The molecule has 0 bridgehead atoms. The highest BCUT2D eigenvalue weighted by atomic mass is 19.1. The van der Waals surface area contributed by atoms with Crippen LogP contribution in [-0.4, -0.2) is 56.5 Å². The molecule has 2 aromatic heterocycles. The van der Waals surface area contributed by atoms with Crippen molar-refractivity contribution in [1.82, 2.24) is 24.5 Å². The first-order chi connectivity index (χ1) is 18.3. The predicted molar refractivity (Wildman–Crippen MR) is 136 cm³/mol. The van der Waals surface area contributed by atoms with Crippen molar-refractivity contribution in [3.63, 3.8) is 0 Å². The number of anilines is 1. The zero-order valence-corrected chi connectivity index (χ0v) is 20.9. The number of aryl methyl sites for hydroxylation is 1. The number of methoxy groups -OCH3 is 1. The van der Waals surface area contributed by atoms with Crippen molar-refractivity contribution < 1.29 is 23.1 Å². The van der Waals surface area contributed by atoms with E-state index in [9.17, 15) is 18.4 Å². The summed E-state index contributed by atoms with van der Waals surface area (Å²) in [5, 5.41) is 11.4. The summed E-state index contributed by atoms with van der Waals surface area (Å²) in [5.74, 6) is -1.37. The second kappa shape index (κ2) is 10.4. The van der Waals surface area contributed by atoms with Crippen LogP contribution in [0.15, 0.2) is 60.9 Å². The van der Waals surface area contributed by atoms with E-state index < -0.39 is 17.5 Å². The third kappa shape index (κ3) is 4.99. The number of hydrogen-bond donors (Lipinski definition) is 1. The van der Waals surface area contributed by atoms with Gasteiger partial charge < -0.3 is 15.0 Å². The van der Waals surface area contributed by atoms with Crippen LogP contribution in [0.25, 0.3) is 5.69 Å². The van der Waals surface area contributed by atoms with Crippen LogP contribution in [0.5, 0.6) is 5.88 Å². The van der Waals surface area contributed by atoms with Crippen molar-refractivity contribution in [2.75, 3.05) is 25.5 Å². The lowest BCUT2D eigenvalue weighted by atomic mass is 10.0. The minimum absolute atomic E-state index is 0.0415. The molecule has 0 spiro atoms. The van der Waals surface area contributed by atoms with Crippen LogP contribution in [0.1, 0.15) is 45.3 Å². The summed E-state index contributed by atoms with van der Waals surface area (Å²) >= 11 is 0. The first-order valence-electron chi connectivity index (χ1n) is 12.1. The molecule has 0 radical (unpaired) electrons. The number of nitrogens with one attached hydrogen (secondary N) is 1. The molecule has 4 aromatic rings. The summed E-state index contributed by atoms with van der Waals surface area (Å²) in [7, 11) is 1.41. The van der Waals surface area contributed by atoms with Gasteiger partial charge in [0.05, 0.1) is 25.0 Å². The Balaban J connectivity index is 1.22. The number of benzene rings is 2. The molecular weight excluding hydrogens is 494 g/mol. The van der Waals surface area contributed by atoms with Crippen molar-refractivity contribution in [2.45, 2.75) is 25.8 Å². The van der Waals surface area contributed by atoms with Gasteiger partial charge in [0.2, 0.25) is 5.88 Å². The molecule has 1 aliphatic rings. The number of nitrogens with zero attached hydrogens (tertiary/aromatic N) is 5. The van der Waals surface area contributed by atoms with Crippen molar-refractivity contribution in [3.05, 3.63) is 89.4 Å². The SMILES string of the molecule is COc1cc(C(=O)Nc2cnn(C3CCN(C(=O)c4ccc(C)c(F)c4)CC3)c2)nn1-c1ccccc1F. The van der Waals surface area contributed by atoms with E-state index in [1.165, 1.54) is 42.3 Å². The van der Waals surface area contributed by atoms with Gasteiger partial charge in [-0.1, -0.05) is 18.2 Å². The minimum atomic E-state index is -0.499. The van der Waals surface area contributed by atoms with Crippen LogP contribution in [0, 0.1) is 18.6 Å². The van der Waals surface area contributed by atoms with Crippen LogP contribution < -0.4 is 10.1 Å². The molecule has 1 fully saturated rings. The normalized spacial score (nSPS) is 13.9. The third-order valence-electron chi connectivity index (χ3n) is 6.60. The van der Waals surface area contributed by atoms with Crippen LogP contribution in [0.2, 0.25) is 0 Å². The minimum Gasteiger partial charge on any atom is -0.481 e. The molecule has 1 saturated heterocycles. The maximum absolute atomic E-state index is 14.2. The number of para-hydroxylation sites is 1. The van der Waals surface area contributed by atoms with E-state index in [2.05, 4.69) is 15.5 Å². The second-order valence-corrected chi connectivity index (χ2v) is 9.09. The number of amides is 2. The Hall–Kier alpha value is -4.54. The third-order valence-corrected chi connectivity index (χ3v) is 6.60. The number of rotatable bonds is 6. The van der Waals surface area contributed by atoms with E-state index in [0.29, 0.717) is 42.7 Å². The van der Waals surface area contributed by atoms with Gasteiger partial charge in [-0.05, 0) is 49.6 Å². The van der Waals surface area contributed by atoms with Gasteiger partial charge in [-0.15, -0.1) is 0 Å². The number of aromatic nitrogens is 4. The Morgan fingerprint density at radius 2 is 1.82 bits per heavy atom. The molecule has 1 aliphatic heterocycles. The number of hydrogen-bond acceptors (Lipinski definition) is 5. The quantitative estimate of drug-likeness (QED) is 0.407. The van der Waals surface area contributed by atoms with Gasteiger partial charge in [-0.3, -0.25) is 14.3 Å². The summed E-state index contributed by atoms with van der Waals surface area (Å²) in [6.45, 7) is 2.67. The molecule has 11 heteroatoms. The number of piperidine rings is 1. The molecule has 2 aromatic carbocycles. The largest absolute Gasteiger partial charge is 0.481 e. The van der Waals surface area contributed by atoms with Crippen LogP contribution in [-0.2, 0) is 0 Å². The van der Waals surface area contributed by atoms with E-state index in [1.54, 1.807) is 47.0 Å². The Morgan fingerprint density at radius 1 is 1.05 bits per heavy atom. The molecule has 0 saturated carbocycles. The first kappa shape index (κ1) is 25.1. The molecule has 0 unspecified atom stereocenters. The lowest BCUT2D eigenvalue weighted by molar-refractivity contribution is 0.0689. The van der Waals surface area contributed by atoms with E-state index in [0.717, 1.165) is 0 Å². The summed E-state index contributed by atoms with van der Waals surface area (Å²) in [6.07, 6.45) is 4.59. The van der Waals surface area contributed by atoms with Crippen molar-refractivity contribution >= 4 is 17.5 Å². The van der Waals surface area contributed by atoms with Gasteiger partial charge >= 0.3 is 0 Å². The molecular formula is C27H26F2N6O3. The Morgan fingerprint density at radius 3 is 2.53 bits per heavy atom. The maximum atomic E-state index is 14.2. The van der Waals surface area contributed by atoms with Gasteiger partial charge in [-0.2, -0.15) is 14.9 Å². The lowest BCUT2D eigenvalue weighted by Gasteiger charge is -2.32. The summed E-state index contributed by atoms with van der Waals surface area (Å²) in [4.78, 5) is 27.3. The highest BCUT2D eigenvalue weighted by Gasteiger charge is 2.26. The molecule has 9 nitrogen and oxygen atoms in total. The Kier molecular flexibility index (Phi) is 6.91. The van der Waals surface area contributed by atoms with Crippen molar-refractivity contribution in [3.8, 4) is 11.6 Å². The molecule has 3 heterocycles. The number of ether oxygens (including phenoxy) is 1. The predicted octanol–water partition coefficient (Wildman–Crippen LogP) is 4.39. The Bertz CT molecular complexity index is 1490. The topological polar surface area (TPSA) is 94.3 Å². The Labute approximate surface area is 217 Å². The fourth-order valence-electron chi connectivity index (χ4n) is 4.46. The number of likely N-dealkylation sites (tertiary alicyclic amines) is 1. The van der Waals surface area contributed by atoms with Gasteiger partial charge in [0.25, 0.3) is 11.8 Å². The molecule has 0 atom stereocenters. The molecule has 2 amide bonds. The van der Waals surface area contributed by atoms with E-state index >= 15 is 0 Å². The zero-order valence-electron chi connectivity index (χ0n) is 20.9. The fourth-order valence-corrected chi connectivity index (χ4v) is 4.46. The average Bonchev–Trinajstić information content (AvgIpc) is 3.58. The molecule has 38 heavy (non-hydrogen) atoms.